The van der Waals surface area contributed by atoms with Crippen LogP contribution in [0.4, 0.5) is 0 Å². The van der Waals surface area contributed by atoms with Crippen molar-refractivity contribution >= 4 is 47.8 Å². The quantitative estimate of drug-likeness (QED) is 0.454. The molecule has 2 aromatic carbocycles. The van der Waals surface area contributed by atoms with E-state index in [2.05, 4.69) is 98.9 Å². The molecular weight excluding hydrogens is 432 g/mol. The van der Waals surface area contributed by atoms with Gasteiger partial charge in [-0.05, 0) is 54.7 Å². The van der Waals surface area contributed by atoms with Crippen LogP contribution in [-0.2, 0) is 0 Å². The van der Waals surface area contributed by atoms with E-state index in [1.807, 2.05) is 0 Å². The fraction of sp³-hybridized carbons (Fsp3) is 0.250. The highest BCUT2D eigenvalue weighted by Crippen LogP contribution is 2.39. The van der Waals surface area contributed by atoms with E-state index in [1.165, 1.54) is 32.3 Å². The average Bonchev–Trinajstić information content (AvgIpc) is 2.36. The molecule has 0 bridgehead atoms. The van der Waals surface area contributed by atoms with Crippen molar-refractivity contribution < 1.29 is 0 Å². The zero-order valence-corrected chi connectivity index (χ0v) is 15.9. The van der Waals surface area contributed by atoms with Crippen molar-refractivity contribution in [2.75, 3.05) is 0 Å². The third-order valence-electron chi connectivity index (χ3n) is 3.32. The summed E-state index contributed by atoms with van der Waals surface area (Å²) < 4.78 is 2.34. The minimum absolute atomic E-state index is 0.202. The van der Waals surface area contributed by atoms with Gasteiger partial charge in [0.1, 0.15) is 0 Å². The van der Waals surface area contributed by atoms with E-state index in [4.69, 9.17) is 0 Å². The smallest absolute Gasteiger partial charge is 0.0658 e. The second-order valence-corrected chi connectivity index (χ2v) is 7.36. The molecule has 0 radical (unpaired) electrons. The van der Waals surface area contributed by atoms with E-state index in [1.54, 1.807) is 0 Å². The summed E-state index contributed by atoms with van der Waals surface area (Å²) >= 11 is 11.1. The maximum atomic E-state index is 3.84. The molecule has 0 saturated carbocycles. The fourth-order valence-corrected chi connectivity index (χ4v) is 4.24. The number of hydrogen-bond donors (Lipinski definition) is 0. The summed E-state index contributed by atoms with van der Waals surface area (Å²) in [6.07, 6.45) is 0. The average molecular weight is 447 g/mol. The van der Waals surface area contributed by atoms with E-state index in [0.717, 1.165) is 4.47 Å². The molecule has 0 spiro atoms. The lowest BCUT2D eigenvalue weighted by Gasteiger charge is -2.17. The number of aryl methyl sites for hydroxylation is 3. The first-order chi connectivity index (χ1) is 8.91. The lowest BCUT2D eigenvalue weighted by Crippen LogP contribution is -1.99. The van der Waals surface area contributed by atoms with Gasteiger partial charge in [-0.3, -0.25) is 0 Å². The molecule has 0 aliphatic rings. The van der Waals surface area contributed by atoms with Gasteiger partial charge in [-0.2, -0.15) is 0 Å². The van der Waals surface area contributed by atoms with Crippen LogP contribution in [0, 0.1) is 20.8 Å². The molecule has 2 aromatic rings. The Morgan fingerprint density at radius 1 is 0.842 bits per heavy atom. The van der Waals surface area contributed by atoms with Gasteiger partial charge in [0.2, 0.25) is 0 Å². The zero-order valence-electron chi connectivity index (χ0n) is 11.1. The molecule has 0 amide bonds. The van der Waals surface area contributed by atoms with Crippen molar-refractivity contribution in [3.8, 4) is 0 Å². The van der Waals surface area contributed by atoms with E-state index < -0.39 is 0 Å². The number of rotatable bonds is 2. The fourth-order valence-electron chi connectivity index (χ4n) is 2.11. The Morgan fingerprint density at radius 3 is 2.21 bits per heavy atom. The highest BCUT2D eigenvalue weighted by Gasteiger charge is 2.17. The molecule has 19 heavy (non-hydrogen) atoms. The lowest BCUT2D eigenvalue weighted by molar-refractivity contribution is 1.11. The SMILES string of the molecule is Cc1cc(C(Br)c2cccc(C)c2Br)c(C)cc1Br. The van der Waals surface area contributed by atoms with Crippen LogP contribution in [0.1, 0.15) is 32.6 Å². The van der Waals surface area contributed by atoms with Gasteiger partial charge in [-0.1, -0.05) is 72.1 Å². The first-order valence-corrected chi connectivity index (χ1v) is 8.57. The van der Waals surface area contributed by atoms with Crippen LogP contribution in [0.3, 0.4) is 0 Å². The van der Waals surface area contributed by atoms with Crippen LogP contribution in [0.15, 0.2) is 39.3 Å². The highest BCUT2D eigenvalue weighted by atomic mass is 79.9. The van der Waals surface area contributed by atoms with Crippen LogP contribution < -0.4 is 0 Å². The van der Waals surface area contributed by atoms with Gasteiger partial charge in [-0.25, -0.2) is 0 Å². The summed E-state index contributed by atoms with van der Waals surface area (Å²) in [4.78, 5) is 0.202. The van der Waals surface area contributed by atoms with Crippen molar-refractivity contribution in [2.45, 2.75) is 25.6 Å². The maximum absolute atomic E-state index is 3.84. The monoisotopic (exact) mass is 444 g/mol. The highest BCUT2D eigenvalue weighted by molar-refractivity contribution is 9.11. The van der Waals surface area contributed by atoms with Crippen molar-refractivity contribution in [2.24, 2.45) is 0 Å². The van der Waals surface area contributed by atoms with Crippen LogP contribution in [0.25, 0.3) is 0 Å². The summed E-state index contributed by atoms with van der Waals surface area (Å²) in [7, 11) is 0. The molecule has 0 aliphatic heterocycles. The summed E-state index contributed by atoms with van der Waals surface area (Å²) in [5.41, 5.74) is 6.38. The minimum atomic E-state index is 0.202. The molecule has 0 aliphatic carbocycles. The first-order valence-electron chi connectivity index (χ1n) is 6.07. The molecule has 0 saturated heterocycles. The Labute approximate surface area is 140 Å². The molecule has 0 fully saturated rings. The Hall–Kier alpha value is -0.120. The van der Waals surface area contributed by atoms with Gasteiger partial charge in [-0.15, -0.1) is 0 Å². The Kier molecular flexibility index (Phi) is 4.91. The van der Waals surface area contributed by atoms with Gasteiger partial charge < -0.3 is 0 Å². The second-order valence-electron chi connectivity index (χ2n) is 4.80. The number of halogens is 3. The lowest BCUT2D eigenvalue weighted by atomic mass is 9.97. The first kappa shape index (κ1) is 15.3. The number of alkyl halides is 1. The molecular formula is C16H15Br3. The molecule has 100 valence electrons. The largest absolute Gasteiger partial charge is 0.0786 e. The number of hydrogen-bond acceptors (Lipinski definition) is 0. The standard InChI is InChI=1S/C16H15Br3/c1-9-5-4-6-12(15(9)18)16(19)13-7-11(3)14(17)8-10(13)2/h4-8,16H,1-3H3. The zero-order chi connectivity index (χ0) is 14.2. The molecule has 0 nitrogen and oxygen atoms in total. The molecule has 3 heteroatoms. The Balaban J connectivity index is 2.53. The van der Waals surface area contributed by atoms with Crippen LogP contribution in [0.2, 0.25) is 0 Å². The third-order valence-corrected chi connectivity index (χ3v) is 6.24. The summed E-state index contributed by atoms with van der Waals surface area (Å²) in [5.74, 6) is 0. The second kappa shape index (κ2) is 6.11. The molecule has 0 heterocycles. The molecule has 0 aromatic heterocycles. The van der Waals surface area contributed by atoms with Crippen molar-refractivity contribution in [1.29, 1.82) is 0 Å². The summed E-state index contributed by atoms with van der Waals surface area (Å²) in [6.45, 7) is 6.39. The van der Waals surface area contributed by atoms with Crippen molar-refractivity contribution in [3.05, 3.63) is 67.1 Å². The van der Waals surface area contributed by atoms with Crippen LogP contribution >= 0.6 is 47.8 Å². The predicted octanol–water partition coefficient (Wildman–Crippen LogP) is 6.62. The van der Waals surface area contributed by atoms with Gasteiger partial charge in [0.25, 0.3) is 0 Å². The summed E-state index contributed by atoms with van der Waals surface area (Å²) in [5, 5.41) is 0. The van der Waals surface area contributed by atoms with E-state index in [9.17, 15) is 0 Å². The molecule has 1 atom stereocenters. The normalized spacial score (nSPS) is 12.5. The number of benzene rings is 2. The van der Waals surface area contributed by atoms with Gasteiger partial charge in [0.05, 0.1) is 4.83 Å². The van der Waals surface area contributed by atoms with Crippen LogP contribution in [-0.4, -0.2) is 0 Å². The van der Waals surface area contributed by atoms with Gasteiger partial charge in [0.15, 0.2) is 0 Å². The minimum Gasteiger partial charge on any atom is -0.0786 e. The topological polar surface area (TPSA) is 0 Å². The molecule has 1 unspecified atom stereocenters. The van der Waals surface area contributed by atoms with E-state index in [-0.39, 0.29) is 4.83 Å². The van der Waals surface area contributed by atoms with Crippen molar-refractivity contribution in [1.82, 2.24) is 0 Å². The molecule has 2 rings (SSSR count). The molecule has 0 N–H and O–H groups in total. The third kappa shape index (κ3) is 3.14. The summed E-state index contributed by atoms with van der Waals surface area (Å²) in [6, 6.07) is 10.8. The van der Waals surface area contributed by atoms with E-state index >= 15 is 0 Å². The Morgan fingerprint density at radius 2 is 1.53 bits per heavy atom. The van der Waals surface area contributed by atoms with Gasteiger partial charge >= 0.3 is 0 Å². The maximum Gasteiger partial charge on any atom is 0.0658 e. The Bertz CT molecular complexity index is 618. The van der Waals surface area contributed by atoms with E-state index in [0.29, 0.717) is 0 Å². The van der Waals surface area contributed by atoms with Crippen molar-refractivity contribution in [3.63, 3.8) is 0 Å². The van der Waals surface area contributed by atoms with Gasteiger partial charge in [0, 0.05) is 8.95 Å². The van der Waals surface area contributed by atoms with Crippen LogP contribution in [0.5, 0.6) is 0 Å². The predicted molar refractivity (Wildman–Crippen MR) is 93.3 cm³/mol.